The van der Waals surface area contributed by atoms with Gasteiger partial charge in [0.1, 0.15) is 12.4 Å². The Balaban J connectivity index is 2.29. The summed E-state index contributed by atoms with van der Waals surface area (Å²) in [6.07, 6.45) is 3.48. The fraction of sp³-hybridized carbons (Fsp3) is 0.182. The molecule has 0 fully saturated rings. The molecule has 16 heavy (non-hydrogen) atoms. The van der Waals surface area contributed by atoms with Crippen LogP contribution in [-0.4, -0.2) is 27.1 Å². The van der Waals surface area contributed by atoms with E-state index in [1.807, 2.05) is 18.2 Å². The van der Waals surface area contributed by atoms with Crippen molar-refractivity contribution in [3.8, 4) is 0 Å². The number of aliphatic carboxylic acids is 1. The average Bonchev–Trinajstić information content (AvgIpc) is 2.28. The van der Waals surface area contributed by atoms with Gasteiger partial charge >= 0.3 is 5.97 Å². The van der Waals surface area contributed by atoms with Crippen molar-refractivity contribution in [3.05, 3.63) is 36.3 Å². The molecule has 0 spiro atoms. The molecule has 2 rings (SSSR count). The van der Waals surface area contributed by atoms with Crippen LogP contribution in [0.1, 0.15) is 5.56 Å². The first-order valence-corrected chi connectivity index (χ1v) is 4.84. The minimum atomic E-state index is -0.996. The first kappa shape index (κ1) is 10.5. The van der Waals surface area contributed by atoms with Gasteiger partial charge < -0.3 is 10.8 Å². The Morgan fingerprint density at radius 1 is 1.50 bits per heavy atom. The Morgan fingerprint density at radius 2 is 2.31 bits per heavy atom. The number of carboxylic acids is 1. The summed E-state index contributed by atoms with van der Waals surface area (Å²) in [4.78, 5) is 18.6. The molecule has 0 aliphatic heterocycles. The van der Waals surface area contributed by atoms with Crippen molar-refractivity contribution >= 4 is 16.9 Å². The predicted molar refractivity (Wildman–Crippen MR) is 58.9 cm³/mol. The highest BCUT2D eigenvalue weighted by Gasteiger charge is 2.12. The van der Waals surface area contributed by atoms with Crippen molar-refractivity contribution in [1.82, 2.24) is 9.97 Å². The Morgan fingerprint density at radius 3 is 3.06 bits per heavy atom. The van der Waals surface area contributed by atoms with Crippen LogP contribution in [0, 0.1) is 0 Å². The molecular weight excluding hydrogens is 206 g/mol. The standard InChI is InChI=1S/C11H11N3O2/c12-9(11(15)16)4-7-1-2-10-8(3-7)5-13-6-14-10/h1-3,5-6,9H,4,12H2,(H,15,16)/t9-/m0/s1. The third kappa shape index (κ3) is 2.14. The van der Waals surface area contributed by atoms with Crippen LogP contribution in [0.25, 0.3) is 10.9 Å². The van der Waals surface area contributed by atoms with E-state index in [0.29, 0.717) is 6.42 Å². The van der Waals surface area contributed by atoms with Crippen molar-refractivity contribution in [2.75, 3.05) is 0 Å². The highest BCUT2D eigenvalue weighted by molar-refractivity contribution is 5.78. The Labute approximate surface area is 91.9 Å². The Hall–Kier alpha value is -2.01. The number of nitrogens with two attached hydrogens (primary N) is 1. The molecule has 0 amide bonds. The first-order chi connectivity index (χ1) is 7.66. The molecule has 2 aromatic rings. The van der Waals surface area contributed by atoms with E-state index in [0.717, 1.165) is 16.5 Å². The molecule has 0 saturated heterocycles. The monoisotopic (exact) mass is 217 g/mol. The number of carboxylic acid groups (broad SMARTS) is 1. The normalized spacial score (nSPS) is 12.6. The lowest BCUT2D eigenvalue weighted by Crippen LogP contribution is -2.32. The van der Waals surface area contributed by atoms with Crippen molar-refractivity contribution in [2.45, 2.75) is 12.5 Å². The summed E-state index contributed by atoms with van der Waals surface area (Å²) in [5.74, 6) is -0.996. The average molecular weight is 217 g/mol. The summed E-state index contributed by atoms with van der Waals surface area (Å²) < 4.78 is 0. The second-order valence-electron chi connectivity index (χ2n) is 3.56. The van der Waals surface area contributed by atoms with Crippen LogP contribution in [0.5, 0.6) is 0 Å². The molecule has 0 unspecified atom stereocenters. The summed E-state index contributed by atoms with van der Waals surface area (Å²) in [6.45, 7) is 0. The van der Waals surface area contributed by atoms with Crippen molar-refractivity contribution in [3.63, 3.8) is 0 Å². The molecule has 1 aromatic heterocycles. The minimum Gasteiger partial charge on any atom is -0.480 e. The van der Waals surface area contributed by atoms with Crippen LogP contribution in [0.2, 0.25) is 0 Å². The van der Waals surface area contributed by atoms with Gasteiger partial charge in [0.05, 0.1) is 5.52 Å². The van der Waals surface area contributed by atoms with Crippen molar-refractivity contribution < 1.29 is 9.90 Å². The fourth-order valence-electron chi connectivity index (χ4n) is 1.50. The number of nitrogens with zero attached hydrogens (tertiary/aromatic N) is 2. The van der Waals surface area contributed by atoms with Gasteiger partial charge in [0.25, 0.3) is 0 Å². The lowest BCUT2D eigenvalue weighted by atomic mass is 10.0. The molecule has 0 saturated carbocycles. The van der Waals surface area contributed by atoms with Crippen LogP contribution in [-0.2, 0) is 11.2 Å². The highest BCUT2D eigenvalue weighted by Crippen LogP contribution is 2.13. The van der Waals surface area contributed by atoms with Crippen LogP contribution >= 0.6 is 0 Å². The van der Waals surface area contributed by atoms with Crippen molar-refractivity contribution in [2.24, 2.45) is 5.73 Å². The SMILES string of the molecule is N[C@@H](Cc1ccc2ncncc2c1)C(=O)O. The van der Waals surface area contributed by atoms with Gasteiger partial charge in [-0.2, -0.15) is 0 Å². The second-order valence-corrected chi connectivity index (χ2v) is 3.56. The lowest BCUT2D eigenvalue weighted by molar-refractivity contribution is -0.138. The van der Waals surface area contributed by atoms with Gasteiger partial charge in [-0.25, -0.2) is 9.97 Å². The van der Waals surface area contributed by atoms with E-state index in [1.54, 1.807) is 6.20 Å². The zero-order valence-corrected chi connectivity index (χ0v) is 8.50. The van der Waals surface area contributed by atoms with E-state index < -0.39 is 12.0 Å². The van der Waals surface area contributed by atoms with Gasteiger partial charge in [-0.1, -0.05) is 6.07 Å². The third-order valence-corrected chi connectivity index (χ3v) is 2.34. The molecular formula is C11H11N3O2. The van der Waals surface area contributed by atoms with E-state index in [9.17, 15) is 4.79 Å². The molecule has 1 heterocycles. The summed E-state index contributed by atoms with van der Waals surface area (Å²) in [5, 5.41) is 9.59. The van der Waals surface area contributed by atoms with E-state index in [2.05, 4.69) is 9.97 Å². The zero-order chi connectivity index (χ0) is 11.5. The number of hydrogen-bond acceptors (Lipinski definition) is 4. The maximum atomic E-state index is 10.6. The highest BCUT2D eigenvalue weighted by atomic mass is 16.4. The van der Waals surface area contributed by atoms with Gasteiger partial charge in [-0.15, -0.1) is 0 Å². The van der Waals surface area contributed by atoms with E-state index >= 15 is 0 Å². The molecule has 0 aliphatic rings. The molecule has 1 aromatic carbocycles. The molecule has 0 radical (unpaired) electrons. The number of hydrogen-bond donors (Lipinski definition) is 2. The number of aromatic nitrogens is 2. The third-order valence-electron chi connectivity index (χ3n) is 2.34. The molecule has 0 bridgehead atoms. The molecule has 5 nitrogen and oxygen atoms in total. The molecule has 3 N–H and O–H groups in total. The summed E-state index contributed by atoms with van der Waals surface area (Å²) in [5.41, 5.74) is 7.17. The van der Waals surface area contributed by atoms with E-state index in [-0.39, 0.29) is 0 Å². The quantitative estimate of drug-likeness (QED) is 0.785. The van der Waals surface area contributed by atoms with Crippen LogP contribution in [0.15, 0.2) is 30.7 Å². The maximum absolute atomic E-state index is 10.6. The topological polar surface area (TPSA) is 89.1 Å². The maximum Gasteiger partial charge on any atom is 0.320 e. The van der Waals surface area contributed by atoms with Crippen LogP contribution in [0.3, 0.4) is 0 Å². The van der Waals surface area contributed by atoms with Crippen molar-refractivity contribution in [1.29, 1.82) is 0 Å². The summed E-state index contributed by atoms with van der Waals surface area (Å²) in [6, 6.07) is 4.65. The van der Waals surface area contributed by atoms with Gasteiger partial charge in [0, 0.05) is 11.6 Å². The number of fused-ring (bicyclic) bond motifs is 1. The fourth-order valence-corrected chi connectivity index (χ4v) is 1.50. The van der Waals surface area contributed by atoms with Gasteiger partial charge in [0.15, 0.2) is 0 Å². The molecule has 5 heteroatoms. The van der Waals surface area contributed by atoms with Gasteiger partial charge in [-0.3, -0.25) is 4.79 Å². The van der Waals surface area contributed by atoms with Crippen LogP contribution in [0.4, 0.5) is 0 Å². The van der Waals surface area contributed by atoms with E-state index in [1.165, 1.54) is 6.33 Å². The molecule has 82 valence electrons. The summed E-state index contributed by atoms with van der Waals surface area (Å²) in [7, 11) is 0. The number of rotatable bonds is 3. The molecule has 0 aliphatic carbocycles. The Kier molecular flexibility index (Phi) is 2.78. The van der Waals surface area contributed by atoms with Gasteiger partial charge in [0.2, 0.25) is 0 Å². The Bertz CT molecular complexity index is 527. The smallest absolute Gasteiger partial charge is 0.320 e. The van der Waals surface area contributed by atoms with Gasteiger partial charge in [-0.05, 0) is 24.1 Å². The lowest BCUT2D eigenvalue weighted by Gasteiger charge is -2.06. The summed E-state index contributed by atoms with van der Waals surface area (Å²) >= 11 is 0. The predicted octanol–water partition coefficient (Wildman–Crippen LogP) is 0.584. The number of carbonyl (C=O) groups is 1. The number of benzene rings is 1. The second kappa shape index (κ2) is 4.24. The van der Waals surface area contributed by atoms with E-state index in [4.69, 9.17) is 10.8 Å². The first-order valence-electron chi connectivity index (χ1n) is 4.84. The minimum absolute atomic E-state index is 0.306. The molecule has 1 atom stereocenters. The zero-order valence-electron chi connectivity index (χ0n) is 8.50. The largest absolute Gasteiger partial charge is 0.480 e. The van der Waals surface area contributed by atoms with Crippen LogP contribution < -0.4 is 5.73 Å².